The molecule has 2 amide bonds. The van der Waals surface area contributed by atoms with E-state index in [0.717, 1.165) is 24.0 Å². The molecule has 3 aromatic rings. The highest BCUT2D eigenvalue weighted by molar-refractivity contribution is 7.92. The van der Waals surface area contributed by atoms with Gasteiger partial charge in [-0.1, -0.05) is 49.4 Å². The smallest absolute Gasteiger partial charge is 0.271 e. The zero-order valence-corrected chi connectivity index (χ0v) is 25.2. The molecule has 0 aliphatic heterocycles. The van der Waals surface area contributed by atoms with Crippen molar-refractivity contribution in [1.29, 1.82) is 0 Å². The second-order valence-corrected chi connectivity index (χ2v) is 12.0. The predicted molar refractivity (Wildman–Crippen MR) is 161 cm³/mol. The van der Waals surface area contributed by atoms with Crippen molar-refractivity contribution in [2.45, 2.75) is 45.3 Å². The van der Waals surface area contributed by atoms with E-state index in [1.807, 2.05) is 19.9 Å². The summed E-state index contributed by atoms with van der Waals surface area (Å²) < 4.78 is 45.7. The van der Waals surface area contributed by atoms with Crippen LogP contribution in [0.15, 0.2) is 72.8 Å². The van der Waals surface area contributed by atoms with Gasteiger partial charge in [0.25, 0.3) is 5.69 Å². The fourth-order valence-corrected chi connectivity index (χ4v) is 5.21. The Hall–Kier alpha value is -4.52. The molecule has 0 heterocycles. The molecule has 0 aromatic heterocycles. The van der Waals surface area contributed by atoms with Gasteiger partial charge in [0.05, 0.1) is 18.3 Å². The van der Waals surface area contributed by atoms with Crippen molar-refractivity contribution >= 4 is 33.2 Å². The van der Waals surface area contributed by atoms with Gasteiger partial charge < -0.3 is 15.0 Å². The summed E-state index contributed by atoms with van der Waals surface area (Å²) in [4.78, 5) is 39.9. The lowest BCUT2D eigenvalue weighted by Gasteiger charge is -2.34. The molecule has 1 N–H and O–H groups in total. The van der Waals surface area contributed by atoms with Crippen LogP contribution in [0, 0.1) is 15.9 Å². The summed E-state index contributed by atoms with van der Waals surface area (Å²) in [5, 5.41) is 14.4. The maximum atomic E-state index is 14.1. The van der Waals surface area contributed by atoms with Gasteiger partial charge in [0.15, 0.2) is 0 Å². The van der Waals surface area contributed by atoms with Crippen molar-refractivity contribution in [3.05, 3.63) is 99.9 Å². The first-order valence-corrected chi connectivity index (χ1v) is 15.4. The summed E-state index contributed by atoms with van der Waals surface area (Å²) in [5.41, 5.74) is 0.639. The highest BCUT2D eigenvalue weighted by Gasteiger charge is 2.34. The van der Waals surface area contributed by atoms with Crippen LogP contribution < -0.4 is 14.4 Å². The quantitative estimate of drug-likeness (QED) is 0.213. The van der Waals surface area contributed by atoms with Gasteiger partial charge in [-0.2, -0.15) is 0 Å². The SMILES string of the molecule is CC[C@H](C)NC(=O)[C@@H](Cc1ccccc1)N(Cc1ccc(F)cc1)C(=O)CN(c1cc([N+](=O)[O-])ccc1OC)S(C)(=O)=O. The Morgan fingerprint density at radius 2 is 1.70 bits per heavy atom. The Balaban J connectivity index is 2.13. The number of halogens is 1. The number of methoxy groups -OCH3 is 1. The summed E-state index contributed by atoms with van der Waals surface area (Å²) in [7, 11) is -2.93. The number of rotatable bonds is 14. The topological polar surface area (TPSA) is 139 Å². The number of non-ortho nitro benzene ring substituents is 1. The molecule has 0 aliphatic carbocycles. The van der Waals surface area contributed by atoms with E-state index in [1.54, 1.807) is 24.3 Å². The third-order valence-electron chi connectivity index (χ3n) is 6.86. The van der Waals surface area contributed by atoms with Gasteiger partial charge in [-0.15, -0.1) is 0 Å². The van der Waals surface area contributed by atoms with E-state index in [-0.39, 0.29) is 30.4 Å². The second kappa shape index (κ2) is 14.6. The Kier molecular flexibility index (Phi) is 11.2. The van der Waals surface area contributed by atoms with Crippen LogP contribution in [0.2, 0.25) is 0 Å². The van der Waals surface area contributed by atoms with Crippen LogP contribution in [0.4, 0.5) is 15.8 Å². The highest BCUT2D eigenvalue weighted by Crippen LogP contribution is 2.34. The second-order valence-electron chi connectivity index (χ2n) is 10.1. The van der Waals surface area contributed by atoms with E-state index >= 15 is 0 Å². The van der Waals surface area contributed by atoms with Crippen LogP contribution in [0.3, 0.4) is 0 Å². The average Bonchev–Trinajstić information content (AvgIpc) is 2.97. The van der Waals surface area contributed by atoms with Crippen LogP contribution in [0.25, 0.3) is 0 Å². The van der Waals surface area contributed by atoms with Gasteiger partial charge >= 0.3 is 0 Å². The van der Waals surface area contributed by atoms with Crippen molar-refractivity contribution in [2.75, 3.05) is 24.2 Å². The number of nitro groups is 1. The number of sulfonamides is 1. The molecule has 3 rings (SSSR count). The number of nitrogens with one attached hydrogen (secondary N) is 1. The number of carbonyl (C=O) groups is 2. The summed E-state index contributed by atoms with van der Waals surface area (Å²) >= 11 is 0. The van der Waals surface area contributed by atoms with Crippen molar-refractivity contribution in [1.82, 2.24) is 10.2 Å². The Morgan fingerprint density at radius 3 is 2.26 bits per heavy atom. The molecule has 0 radical (unpaired) electrons. The van der Waals surface area contributed by atoms with E-state index in [2.05, 4.69) is 5.32 Å². The number of benzene rings is 3. The number of carbonyl (C=O) groups excluding carboxylic acids is 2. The van der Waals surface area contributed by atoms with Gasteiger partial charge in [-0.05, 0) is 42.7 Å². The first-order valence-electron chi connectivity index (χ1n) is 13.5. The number of amides is 2. The monoisotopic (exact) mass is 614 g/mol. The first-order chi connectivity index (χ1) is 20.3. The van der Waals surface area contributed by atoms with E-state index in [9.17, 15) is 32.5 Å². The number of ether oxygens (including phenoxy) is 1. The van der Waals surface area contributed by atoms with Crippen molar-refractivity contribution in [2.24, 2.45) is 0 Å². The molecule has 0 unspecified atom stereocenters. The van der Waals surface area contributed by atoms with Crippen molar-refractivity contribution in [3.63, 3.8) is 0 Å². The zero-order chi connectivity index (χ0) is 31.7. The molecular weight excluding hydrogens is 579 g/mol. The van der Waals surface area contributed by atoms with Crippen LogP contribution >= 0.6 is 0 Å². The normalized spacial score (nSPS) is 12.6. The third-order valence-corrected chi connectivity index (χ3v) is 7.99. The summed E-state index contributed by atoms with van der Waals surface area (Å²) in [6, 6.07) is 16.5. The van der Waals surface area contributed by atoms with Gasteiger partial charge in [0.2, 0.25) is 21.8 Å². The number of hydrogen-bond acceptors (Lipinski definition) is 7. The maximum absolute atomic E-state index is 14.1. The average molecular weight is 615 g/mol. The van der Waals surface area contributed by atoms with Gasteiger partial charge in [0, 0.05) is 31.1 Å². The third kappa shape index (κ3) is 8.98. The predicted octanol–water partition coefficient (Wildman–Crippen LogP) is 4.06. The largest absolute Gasteiger partial charge is 0.495 e. The lowest BCUT2D eigenvalue weighted by atomic mass is 10.0. The number of hydrogen-bond donors (Lipinski definition) is 1. The standard InChI is InChI=1S/C30H35FN4O7S/c1-5-21(2)32-30(37)27(17-22-9-7-6-8-10-22)33(19-23-11-13-24(31)14-12-23)29(36)20-34(43(4,40)41)26-18-25(35(38)39)15-16-28(26)42-3/h6-16,18,21,27H,5,17,19-20H2,1-4H3,(H,32,37)/t21-,27+/m0/s1. The van der Waals surface area contributed by atoms with Crippen LogP contribution in [0.1, 0.15) is 31.4 Å². The zero-order valence-electron chi connectivity index (χ0n) is 24.4. The van der Waals surface area contributed by atoms with Crippen LogP contribution in [-0.2, 0) is 32.6 Å². The molecule has 0 fully saturated rings. The fraction of sp³-hybridized carbons (Fsp3) is 0.333. The van der Waals surface area contributed by atoms with Gasteiger partial charge in [0.1, 0.15) is 29.8 Å². The summed E-state index contributed by atoms with van der Waals surface area (Å²) in [6.45, 7) is 2.78. The molecule has 0 aliphatic rings. The maximum Gasteiger partial charge on any atom is 0.271 e. The molecule has 43 heavy (non-hydrogen) atoms. The minimum Gasteiger partial charge on any atom is -0.495 e. The molecule has 3 aromatic carbocycles. The number of nitrogens with zero attached hydrogens (tertiary/aromatic N) is 3. The molecule has 0 spiro atoms. The number of anilines is 1. The van der Waals surface area contributed by atoms with E-state index in [0.29, 0.717) is 16.3 Å². The van der Waals surface area contributed by atoms with Crippen molar-refractivity contribution < 1.29 is 32.1 Å². The molecule has 2 atom stereocenters. The first kappa shape index (κ1) is 33.0. The van der Waals surface area contributed by atoms with Crippen molar-refractivity contribution in [3.8, 4) is 5.75 Å². The molecule has 230 valence electrons. The molecule has 13 heteroatoms. The molecule has 0 bridgehead atoms. The minimum absolute atomic E-state index is 0.00995. The van der Waals surface area contributed by atoms with E-state index in [1.165, 1.54) is 42.3 Å². The lowest BCUT2D eigenvalue weighted by molar-refractivity contribution is -0.384. The van der Waals surface area contributed by atoms with E-state index in [4.69, 9.17) is 4.74 Å². The minimum atomic E-state index is -4.19. The summed E-state index contributed by atoms with van der Waals surface area (Å²) in [5.74, 6) is -1.71. The molecule has 0 saturated heterocycles. The lowest BCUT2D eigenvalue weighted by Crippen LogP contribution is -2.54. The fourth-order valence-electron chi connectivity index (χ4n) is 4.36. The van der Waals surface area contributed by atoms with Crippen LogP contribution in [0.5, 0.6) is 5.75 Å². The van der Waals surface area contributed by atoms with Crippen LogP contribution in [-0.4, -0.2) is 62.0 Å². The Bertz CT molecular complexity index is 1540. The Morgan fingerprint density at radius 1 is 1.05 bits per heavy atom. The molecular formula is C30H35FN4O7S. The van der Waals surface area contributed by atoms with E-state index < -0.39 is 50.9 Å². The summed E-state index contributed by atoms with van der Waals surface area (Å²) in [6.07, 6.45) is 1.60. The molecule has 0 saturated carbocycles. The highest BCUT2D eigenvalue weighted by atomic mass is 32.2. The van der Waals surface area contributed by atoms with Gasteiger partial charge in [-0.3, -0.25) is 24.0 Å². The number of nitro benzene ring substituents is 1. The molecule has 11 nitrogen and oxygen atoms in total. The Labute approximate surface area is 250 Å². The van der Waals surface area contributed by atoms with Gasteiger partial charge in [-0.25, -0.2) is 12.8 Å².